The molecule has 0 radical (unpaired) electrons. The molecule has 0 bridgehead atoms. The lowest BCUT2D eigenvalue weighted by atomic mass is 9.89. The van der Waals surface area contributed by atoms with Gasteiger partial charge in [-0.25, -0.2) is 4.79 Å². The van der Waals surface area contributed by atoms with Crippen molar-refractivity contribution in [1.82, 2.24) is 0 Å². The Morgan fingerprint density at radius 2 is 1.53 bits per heavy atom. The Hall–Kier alpha value is -0.880. The minimum Gasteiger partial charge on any atom is -0.465 e. The van der Waals surface area contributed by atoms with E-state index in [2.05, 4.69) is 4.74 Å². The molecule has 0 amide bonds. The summed E-state index contributed by atoms with van der Waals surface area (Å²) in [6, 6.07) is 0. The number of hydrogen-bond acceptors (Lipinski definition) is 2. The highest BCUT2D eigenvalue weighted by atomic mass is 19.4. The van der Waals surface area contributed by atoms with Crippen LogP contribution in [0.1, 0.15) is 13.8 Å². The van der Waals surface area contributed by atoms with Crippen LogP contribution in [0.5, 0.6) is 0 Å². The second-order valence-electron chi connectivity index (χ2n) is 3.38. The molecule has 0 aromatic heterocycles. The van der Waals surface area contributed by atoms with E-state index in [0.29, 0.717) is 7.11 Å². The number of hydrogen-bond donors (Lipinski definition) is 0. The summed E-state index contributed by atoms with van der Waals surface area (Å²) in [4.78, 5) is 10.6. The molecule has 0 fully saturated rings. The van der Waals surface area contributed by atoms with Gasteiger partial charge in [-0.15, -0.1) is 0 Å². The Morgan fingerprint density at radius 3 is 1.73 bits per heavy atom. The molecule has 7 heteroatoms. The van der Waals surface area contributed by atoms with Crippen molar-refractivity contribution >= 4 is 5.97 Å². The van der Waals surface area contributed by atoms with Crippen LogP contribution >= 0.6 is 0 Å². The van der Waals surface area contributed by atoms with Crippen LogP contribution < -0.4 is 0 Å². The lowest BCUT2D eigenvalue weighted by molar-refractivity contribution is -0.256. The summed E-state index contributed by atoms with van der Waals surface area (Å²) in [5.74, 6) is -11.2. The van der Waals surface area contributed by atoms with Gasteiger partial charge in [0, 0.05) is 0 Å². The molecule has 0 aliphatic rings. The Kier molecular flexibility index (Phi) is 4.07. The third-order valence-electron chi connectivity index (χ3n) is 1.87. The first-order valence-corrected chi connectivity index (χ1v) is 4.08. The van der Waals surface area contributed by atoms with E-state index in [-0.39, 0.29) is 0 Å². The SMILES string of the molecule is COC(=O)C(F)(F)C(C(C)C)C(F)(F)F. The molecule has 1 atom stereocenters. The lowest BCUT2D eigenvalue weighted by Gasteiger charge is -2.29. The summed E-state index contributed by atoms with van der Waals surface area (Å²) < 4.78 is 66.5. The van der Waals surface area contributed by atoms with E-state index in [0.717, 1.165) is 13.8 Å². The van der Waals surface area contributed by atoms with E-state index >= 15 is 0 Å². The second-order valence-corrected chi connectivity index (χ2v) is 3.38. The van der Waals surface area contributed by atoms with E-state index in [1.165, 1.54) is 0 Å². The summed E-state index contributed by atoms with van der Waals surface area (Å²) in [7, 11) is 0.615. The van der Waals surface area contributed by atoms with Gasteiger partial charge < -0.3 is 4.74 Å². The molecule has 0 saturated heterocycles. The first-order valence-electron chi connectivity index (χ1n) is 4.08. The van der Waals surface area contributed by atoms with Crippen LogP contribution in [0.4, 0.5) is 22.0 Å². The van der Waals surface area contributed by atoms with Crippen molar-refractivity contribution < 1.29 is 31.5 Å². The highest BCUT2D eigenvalue weighted by Gasteiger charge is 2.61. The Labute approximate surface area is 83.4 Å². The van der Waals surface area contributed by atoms with Crippen LogP contribution in [-0.2, 0) is 9.53 Å². The number of carbonyl (C=O) groups is 1. The van der Waals surface area contributed by atoms with E-state index in [4.69, 9.17) is 0 Å². The molecular weight excluding hydrogens is 223 g/mol. The van der Waals surface area contributed by atoms with E-state index in [9.17, 15) is 26.7 Å². The summed E-state index contributed by atoms with van der Waals surface area (Å²) in [6.07, 6.45) is -5.15. The maximum Gasteiger partial charge on any atom is 0.398 e. The zero-order chi connectivity index (χ0) is 12.4. The van der Waals surface area contributed by atoms with Gasteiger partial charge in [0.05, 0.1) is 7.11 Å². The number of ether oxygens (including phenoxy) is 1. The van der Waals surface area contributed by atoms with Gasteiger partial charge in [-0.05, 0) is 5.92 Å². The van der Waals surface area contributed by atoms with Crippen LogP contribution in [-0.4, -0.2) is 25.2 Å². The fourth-order valence-electron chi connectivity index (χ4n) is 1.27. The quantitative estimate of drug-likeness (QED) is 0.554. The molecule has 0 aliphatic heterocycles. The van der Waals surface area contributed by atoms with Crippen molar-refractivity contribution in [3.8, 4) is 0 Å². The van der Waals surface area contributed by atoms with Gasteiger partial charge in [-0.3, -0.25) is 0 Å². The van der Waals surface area contributed by atoms with E-state index in [1.807, 2.05) is 0 Å². The monoisotopic (exact) mass is 234 g/mol. The first kappa shape index (κ1) is 14.1. The highest BCUT2D eigenvalue weighted by molar-refractivity contribution is 5.78. The molecule has 0 N–H and O–H groups in total. The predicted octanol–water partition coefficient (Wildman–Crippen LogP) is 2.63. The van der Waals surface area contributed by atoms with Crippen LogP contribution in [0.25, 0.3) is 0 Å². The van der Waals surface area contributed by atoms with Crippen LogP contribution in [0.2, 0.25) is 0 Å². The number of methoxy groups -OCH3 is 1. The maximum atomic E-state index is 13.0. The Bertz CT molecular complexity index is 234. The predicted molar refractivity (Wildman–Crippen MR) is 41.3 cm³/mol. The van der Waals surface area contributed by atoms with Gasteiger partial charge in [0.2, 0.25) is 0 Å². The average molecular weight is 234 g/mol. The number of halogens is 5. The average Bonchev–Trinajstić information content (AvgIpc) is 1.98. The van der Waals surface area contributed by atoms with Crippen molar-refractivity contribution in [2.45, 2.75) is 25.9 Å². The minimum absolute atomic E-state index is 0.615. The van der Waals surface area contributed by atoms with Gasteiger partial charge in [0.15, 0.2) is 0 Å². The second kappa shape index (κ2) is 4.32. The fraction of sp³-hybridized carbons (Fsp3) is 0.875. The van der Waals surface area contributed by atoms with Crippen LogP contribution in [0.3, 0.4) is 0 Å². The topological polar surface area (TPSA) is 26.3 Å². The van der Waals surface area contributed by atoms with Gasteiger partial charge in [-0.1, -0.05) is 13.8 Å². The Morgan fingerprint density at radius 1 is 1.13 bits per heavy atom. The van der Waals surface area contributed by atoms with Gasteiger partial charge in [0.25, 0.3) is 0 Å². The molecule has 0 aromatic carbocycles. The Balaban J connectivity index is 5.18. The summed E-state index contributed by atoms with van der Waals surface area (Å²) >= 11 is 0. The molecule has 0 rings (SSSR count). The number of esters is 1. The van der Waals surface area contributed by atoms with Gasteiger partial charge in [0.1, 0.15) is 5.92 Å². The molecule has 90 valence electrons. The fourth-order valence-corrected chi connectivity index (χ4v) is 1.27. The van der Waals surface area contributed by atoms with Crippen molar-refractivity contribution in [3.63, 3.8) is 0 Å². The van der Waals surface area contributed by atoms with Crippen molar-refractivity contribution in [2.75, 3.05) is 7.11 Å². The number of carbonyl (C=O) groups excluding carboxylic acids is 1. The molecule has 0 saturated carbocycles. The van der Waals surface area contributed by atoms with Crippen molar-refractivity contribution in [3.05, 3.63) is 0 Å². The first-order chi connectivity index (χ1) is 6.55. The van der Waals surface area contributed by atoms with E-state index < -0.39 is 29.9 Å². The highest BCUT2D eigenvalue weighted by Crippen LogP contribution is 2.43. The molecular formula is C8H11F5O2. The smallest absolute Gasteiger partial charge is 0.398 e. The number of alkyl halides is 5. The molecule has 0 spiro atoms. The normalized spacial score (nSPS) is 15.3. The van der Waals surface area contributed by atoms with Crippen molar-refractivity contribution in [2.24, 2.45) is 11.8 Å². The molecule has 2 nitrogen and oxygen atoms in total. The van der Waals surface area contributed by atoms with E-state index in [1.54, 1.807) is 0 Å². The molecule has 0 aliphatic carbocycles. The summed E-state index contributed by atoms with van der Waals surface area (Å²) in [6.45, 7) is 1.93. The summed E-state index contributed by atoms with van der Waals surface area (Å²) in [5.41, 5.74) is 0. The van der Waals surface area contributed by atoms with Crippen LogP contribution in [0.15, 0.2) is 0 Å². The molecule has 0 heterocycles. The van der Waals surface area contributed by atoms with Crippen LogP contribution in [0, 0.1) is 11.8 Å². The van der Waals surface area contributed by atoms with Crippen molar-refractivity contribution in [1.29, 1.82) is 0 Å². The summed E-state index contributed by atoms with van der Waals surface area (Å²) in [5, 5.41) is 0. The maximum absolute atomic E-state index is 13.0. The lowest BCUT2D eigenvalue weighted by Crippen LogP contribution is -2.48. The zero-order valence-electron chi connectivity index (χ0n) is 8.36. The third-order valence-corrected chi connectivity index (χ3v) is 1.87. The molecule has 0 aromatic rings. The standard InChI is InChI=1S/C8H11F5O2/c1-4(2)5(8(11,12)13)7(9,10)6(14)15-3/h4-5H,1-3H3. The zero-order valence-corrected chi connectivity index (χ0v) is 8.36. The van der Waals surface area contributed by atoms with Gasteiger partial charge >= 0.3 is 18.1 Å². The number of rotatable bonds is 3. The molecule has 1 unspecified atom stereocenters. The largest absolute Gasteiger partial charge is 0.465 e. The van der Waals surface area contributed by atoms with Gasteiger partial charge in [-0.2, -0.15) is 22.0 Å². The minimum atomic E-state index is -5.15. The third kappa shape index (κ3) is 3.04. The molecule has 15 heavy (non-hydrogen) atoms.